The number of halogens is 3. The zero-order valence-electron chi connectivity index (χ0n) is 23.0. The van der Waals surface area contributed by atoms with Gasteiger partial charge in [0.25, 0.3) is 0 Å². The second-order valence-corrected chi connectivity index (χ2v) is 14.1. The van der Waals surface area contributed by atoms with Crippen LogP contribution >= 0.6 is 0 Å². The third-order valence-electron chi connectivity index (χ3n) is 8.06. The maximum absolute atomic E-state index is 4.06. The van der Waals surface area contributed by atoms with Crippen molar-refractivity contribution in [3.05, 3.63) is 112 Å². The minimum Gasteiger partial charge on any atom is -1.00 e. The fraction of sp³-hybridized carbons (Fsp3) is 0.312. The van der Waals surface area contributed by atoms with Crippen LogP contribution in [0.3, 0.4) is 0 Å². The molecule has 1 aliphatic rings. The van der Waals surface area contributed by atoms with Crippen molar-refractivity contribution in [3.8, 4) is 0 Å². The third-order valence-corrected chi connectivity index (χ3v) is 13.6. The van der Waals surface area contributed by atoms with Gasteiger partial charge in [-0.2, -0.15) is 11.1 Å². The smallest absolute Gasteiger partial charge is 1.00 e. The monoisotopic (exact) mass is 602 g/mol. The number of aryl methyl sites for hydroxylation is 3. The van der Waals surface area contributed by atoms with E-state index in [0.29, 0.717) is 0 Å². The summed E-state index contributed by atoms with van der Waals surface area (Å²) >= 11 is 0. The van der Waals surface area contributed by atoms with Gasteiger partial charge in [-0.15, -0.1) is 6.92 Å². The average molecular weight is 604 g/mol. The first-order chi connectivity index (χ1) is 15.8. The van der Waals surface area contributed by atoms with Gasteiger partial charge in [-0.25, -0.2) is 5.57 Å². The molecule has 0 bridgehead atoms. The standard InChI is InChI=1S/C32H37Si.3ClH.Ti/c1-8-27-19-28(9-2)21-31(20-27)33(29-13-11-10-12-14-29,30-17-15-23(3)16-18-30)32(7)22-24(4)25(5)26(32)6;;;;/h10-21H,8-9H2,1-7H3;3*1H;/q-1;;;;+4/p-3. The molecule has 3 aromatic carbocycles. The number of allylic oxidation sites excluding steroid dienone is 4. The number of rotatable bonds is 6. The van der Waals surface area contributed by atoms with E-state index in [9.17, 15) is 0 Å². The molecule has 0 saturated heterocycles. The minimum absolute atomic E-state index is 0. The van der Waals surface area contributed by atoms with Crippen molar-refractivity contribution in [1.29, 1.82) is 0 Å². The zero-order chi connectivity index (χ0) is 23.8. The Morgan fingerprint density at radius 1 is 0.676 bits per heavy atom. The molecule has 0 radical (unpaired) electrons. The molecule has 0 aliphatic heterocycles. The Bertz CT molecular complexity index is 1210. The normalized spacial score (nSPS) is 17.9. The van der Waals surface area contributed by atoms with Crippen LogP contribution in [0.25, 0.3) is 0 Å². The first-order valence-electron chi connectivity index (χ1n) is 12.3. The van der Waals surface area contributed by atoms with Crippen molar-refractivity contribution in [3.63, 3.8) is 0 Å². The van der Waals surface area contributed by atoms with E-state index in [2.05, 4.69) is 127 Å². The maximum atomic E-state index is 4.06. The second-order valence-electron chi connectivity index (χ2n) is 9.85. The summed E-state index contributed by atoms with van der Waals surface area (Å²) in [6.07, 6.45) is 6.17. The molecule has 194 valence electrons. The Balaban J connectivity index is 0.00000324. The first kappa shape index (κ1) is 35.9. The van der Waals surface area contributed by atoms with Crippen LogP contribution in [0.2, 0.25) is 5.04 Å². The van der Waals surface area contributed by atoms with Gasteiger partial charge in [0, 0.05) is 0 Å². The summed E-state index contributed by atoms with van der Waals surface area (Å²) in [7, 11) is -2.57. The van der Waals surface area contributed by atoms with Gasteiger partial charge in [0.1, 0.15) is 8.07 Å². The van der Waals surface area contributed by atoms with Gasteiger partial charge < -0.3 is 37.2 Å². The van der Waals surface area contributed by atoms with Crippen molar-refractivity contribution in [1.82, 2.24) is 0 Å². The molecule has 0 saturated carbocycles. The van der Waals surface area contributed by atoms with Crippen LogP contribution in [-0.2, 0) is 34.6 Å². The van der Waals surface area contributed by atoms with E-state index in [1.807, 2.05) is 0 Å². The van der Waals surface area contributed by atoms with Crippen molar-refractivity contribution in [2.45, 2.75) is 66.3 Å². The molecular weight excluding hydrogens is 567 g/mol. The van der Waals surface area contributed by atoms with Crippen LogP contribution in [0.15, 0.2) is 89.5 Å². The van der Waals surface area contributed by atoms with Gasteiger partial charge in [-0.3, -0.25) is 6.08 Å². The van der Waals surface area contributed by atoms with Crippen LogP contribution in [0.1, 0.15) is 58.2 Å². The third kappa shape index (κ3) is 6.08. The van der Waals surface area contributed by atoms with E-state index in [4.69, 9.17) is 0 Å². The van der Waals surface area contributed by atoms with E-state index in [1.54, 1.807) is 0 Å². The molecule has 3 aromatic rings. The topological polar surface area (TPSA) is 0 Å². The average Bonchev–Trinajstić information content (AvgIpc) is 3.04. The van der Waals surface area contributed by atoms with Crippen molar-refractivity contribution in [2.75, 3.05) is 0 Å². The van der Waals surface area contributed by atoms with Crippen molar-refractivity contribution >= 4 is 23.6 Å². The number of benzene rings is 3. The summed E-state index contributed by atoms with van der Waals surface area (Å²) in [5, 5.41) is 4.26. The zero-order valence-corrected chi connectivity index (χ0v) is 27.8. The Morgan fingerprint density at radius 2 is 1.16 bits per heavy atom. The fourth-order valence-electron chi connectivity index (χ4n) is 5.84. The number of hydrogen-bond donors (Lipinski definition) is 0. The Morgan fingerprint density at radius 3 is 1.59 bits per heavy atom. The van der Waals surface area contributed by atoms with E-state index < -0.39 is 8.07 Å². The largest absolute Gasteiger partial charge is 4.00 e. The quantitative estimate of drug-likeness (QED) is 0.166. The van der Waals surface area contributed by atoms with Crippen LogP contribution in [0.5, 0.6) is 0 Å². The molecule has 5 heteroatoms. The fourth-order valence-corrected chi connectivity index (χ4v) is 11.9. The van der Waals surface area contributed by atoms with Gasteiger partial charge in [-0.05, 0) is 46.5 Å². The molecule has 0 spiro atoms. The van der Waals surface area contributed by atoms with Crippen LogP contribution < -0.4 is 52.8 Å². The molecule has 37 heavy (non-hydrogen) atoms. The van der Waals surface area contributed by atoms with Crippen LogP contribution in [0, 0.1) is 13.0 Å². The van der Waals surface area contributed by atoms with Gasteiger partial charge in [0.2, 0.25) is 0 Å². The maximum Gasteiger partial charge on any atom is 4.00 e. The van der Waals surface area contributed by atoms with Gasteiger partial charge in [0.15, 0.2) is 0 Å². The second kappa shape index (κ2) is 14.4. The van der Waals surface area contributed by atoms with Crippen LogP contribution in [-0.4, -0.2) is 8.07 Å². The predicted molar refractivity (Wildman–Crippen MR) is 147 cm³/mol. The summed E-state index contributed by atoms with van der Waals surface area (Å²) in [6, 6.07) is 28.2. The summed E-state index contributed by atoms with van der Waals surface area (Å²) in [5.41, 5.74) is 8.35. The van der Waals surface area contributed by atoms with Gasteiger partial charge in [-0.1, -0.05) is 118 Å². The van der Waals surface area contributed by atoms with E-state index in [-0.39, 0.29) is 64.0 Å². The molecule has 0 N–H and O–H groups in total. The van der Waals surface area contributed by atoms with E-state index >= 15 is 0 Å². The molecule has 0 aromatic heterocycles. The molecular formula is C32H37Cl3SiTi. The molecule has 2 unspecified atom stereocenters. The summed E-state index contributed by atoms with van der Waals surface area (Å²) in [5.74, 6) is 0. The Hall–Kier alpha value is -1.06. The summed E-state index contributed by atoms with van der Waals surface area (Å²) < 4.78 is 0. The summed E-state index contributed by atoms with van der Waals surface area (Å²) in [6.45, 7) is 16.1. The SMILES string of the molecule is CCc1cc(CC)cc([Si](c2ccccc2)(c2ccc(C)cc2)C2(C)[C-]=C(C)C(C)=C2C)c1.[Cl-].[Cl-].[Cl-].[Ti+4]. The molecule has 0 fully saturated rings. The molecule has 2 atom stereocenters. The van der Waals surface area contributed by atoms with E-state index in [0.717, 1.165) is 12.8 Å². The van der Waals surface area contributed by atoms with Gasteiger partial charge in [0.05, 0.1) is 0 Å². The summed E-state index contributed by atoms with van der Waals surface area (Å²) in [4.78, 5) is 0. The van der Waals surface area contributed by atoms with Crippen molar-refractivity contribution < 1.29 is 58.9 Å². The minimum atomic E-state index is -2.57. The van der Waals surface area contributed by atoms with Crippen molar-refractivity contribution in [2.24, 2.45) is 0 Å². The molecule has 0 nitrogen and oxygen atoms in total. The molecule has 4 rings (SSSR count). The molecule has 1 aliphatic carbocycles. The molecule has 0 amide bonds. The Labute approximate surface area is 259 Å². The molecule has 0 heterocycles. The predicted octanol–water partition coefficient (Wildman–Crippen LogP) is -2.54. The van der Waals surface area contributed by atoms with Crippen LogP contribution in [0.4, 0.5) is 0 Å². The first-order valence-corrected chi connectivity index (χ1v) is 14.3. The Kier molecular flexibility index (Phi) is 14.0. The van der Waals surface area contributed by atoms with Gasteiger partial charge >= 0.3 is 21.7 Å². The van der Waals surface area contributed by atoms with E-state index in [1.165, 1.54) is 49.0 Å². The number of hydrogen-bond acceptors (Lipinski definition) is 0.